The van der Waals surface area contributed by atoms with E-state index in [1.165, 1.54) is 12.3 Å². The number of hydrogen-bond donors (Lipinski definition) is 1. The number of carboxylic acids is 1. The van der Waals surface area contributed by atoms with Gasteiger partial charge in [-0.3, -0.25) is 0 Å². The van der Waals surface area contributed by atoms with E-state index in [1.807, 2.05) is 18.4 Å². The molecular formula is C15H17NO5. The molecule has 0 spiro atoms. The SMILES string of the molecule is CCOC(=O)c1cc(C)n(Cc2cc(C(=O)O)co2)c1C. The van der Waals surface area contributed by atoms with Gasteiger partial charge in [-0.05, 0) is 32.9 Å². The molecular weight excluding hydrogens is 274 g/mol. The van der Waals surface area contributed by atoms with E-state index >= 15 is 0 Å². The van der Waals surface area contributed by atoms with Crippen molar-refractivity contribution in [3.63, 3.8) is 0 Å². The van der Waals surface area contributed by atoms with E-state index in [0.717, 1.165) is 11.4 Å². The molecule has 6 heteroatoms. The van der Waals surface area contributed by atoms with Gasteiger partial charge < -0.3 is 18.8 Å². The fraction of sp³-hybridized carbons (Fsp3) is 0.333. The quantitative estimate of drug-likeness (QED) is 0.856. The summed E-state index contributed by atoms with van der Waals surface area (Å²) in [5, 5.41) is 8.88. The third kappa shape index (κ3) is 2.99. The van der Waals surface area contributed by atoms with Gasteiger partial charge in [0, 0.05) is 11.4 Å². The zero-order valence-electron chi connectivity index (χ0n) is 12.2. The van der Waals surface area contributed by atoms with Gasteiger partial charge in [0.1, 0.15) is 12.0 Å². The third-order valence-corrected chi connectivity index (χ3v) is 3.28. The maximum atomic E-state index is 11.8. The molecule has 0 fully saturated rings. The predicted molar refractivity (Wildman–Crippen MR) is 74.6 cm³/mol. The zero-order valence-corrected chi connectivity index (χ0v) is 12.2. The Bertz CT molecular complexity index is 680. The van der Waals surface area contributed by atoms with Gasteiger partial charge in [0.2, 0.25) is 0 Å². The Kier molecular flexibility index (Phi) is 4.16. The monoisotopic (exact) mass is 291 g/mol. The van der Waals surface area contributed by atoms with Crippen LogP contribution >= 0.6 is 0 Å². The molecule has 112 valence electrons. The predicted octanol–water partition coefficient (Wildman–Crippen LogP) is 2.62. The molecule has 0 amide bonds. The second-order valence-corrected chi connectivity index (χ2v) is 4.70. The summed E-state index contributed by atoms with van der Waals surface area (Å²) in [5.41, 5.74) is 2.26. The summed E-state index contributed by atoms with van der Waals surface area (Å²) in [6.45, 7) is 6.14. The average Bonchev–Trinajstić information content (AvgIpc) is 2.99. The Morgan fingerprint density at radius 2 is 2.05 bits per heavy atom. The Labute approximate surface area is 121 Å². The van der Waals surface area contributed by atoms with Crippen molar-refractivity contribution in [1.29, 1.82) is 0 Å². The van der Waals surface area contributed by atoms with E-state index in [1.54, 1.807) is 13.0 Å². The number of furan rings is 1. The number of nitrogens with zero attached hydrogens (tertiary/aromatic N) is 1. The van der Waals surface area contributed by atoms with Crippen LogP contribution in [0.3, 0.4) is 0 Å². The van der Waals surface area contributed by atoms with Gasteiger partial charge in [-0.15, -0.1) is 0 Å². The number of hydrogen-bond acceptors (Lipinski definition) is 4. The topological polar surface area (TPSA) is 81.7 Å². The highest BCUT2D eigenvalue weighted by Crippen LogP contribution is 2.19. The first-order valence-electron chi connectivity index (χ1n) is 6.58. The number of ether oxygens (including phenoxy) is 1. The minimum absolute atomic E-state index is 0.109. The summed E-state index contributed by atoms with van der Waals surface area (Å²) < 4.78 is 12.1. The van der Waals surface area contributed by atoms with Crippen LogP contribution in [-0.4, -0.2) is 28.2 Å². The Hall–Kier alpha value is -2.50. The lowest BCUT2D eigenvalue weighted by atomic mass is 10.2. The molecule has 2 aromatic rings. The lowest BCUT2D eigenvalue weighted by molar-refractivity contribution is 0.0524. The van der Waals surface area contributed by atoms with Gasteiger partial charge >= 0.3 is 11.9 Å². The fourth-order valence-corrected chi connectivity index (χ4v) is 2.19. The Morgan fingerprint density at radius 3 is 2.62 bits per heavy atom. The molecule has 2 heterocycles. The van der Waals surface area contributed by atoms with Gasteiger partial charge in [0.15, 0.2) is 0 Å². The van der Waals surface area contributed by atoms with E-state index < -0.39 is 5.97 Å². The normalized spacial score (nSPS) is 10.6. The van der Waals surface area contributed by atoms with Crippen molar-refractivity contribution >= 4 is 11.9 Å². The number of aromatic nitrogens is 1. The lowest BCUT2D eigenvalue weighted by Gasteiger charge is -2.07. The Morgan fingerprint density at radius 1 is 1.33 bits per heavy atom. The summed E-state index contributed by atoms with van der Waals surface area (Å²) in [7, 11) is 0. The molecule has 0 saturated carbocycles. The minimum Gasteiger partial charge on any atom is -0.478 e. The maximum Gasteiger partial charge on any atom is 0.339 e. The van der Waals surface area contributed by atoms with E-state index in [4.69, 9.17) is 14.3 Å². The van der Waals surface area contributed by atoms with Gasteiger partial charge in [-0.25, -0.2) is 9.59 Å². The summed E-state index contributed by atoms with van der Waals surface area (Å²) in [4.78, 5) is 22.7. The van der Waals surface area contributed by atoms with E-state index in [2.05, 4.69) is 0 Å². The molecule has 0 atom stereocenters. The third-order valence-electron chi connectivity index (χ3n) is 3.28. The number of aryl methyl sites for hydroxylation is 1. The molecule has 0 unspecified atom stereocenters. The van der Waals surface area contributed by atoms with Crippen LogP contribution in [0, 0.1) is 13.8 Å². The average molecular weight is 291 g/mol. The van der Waals surface area contributed by atoms with Crippen molar-refractivity contribution in [2.75, 3.05) is 6.61 Å². The molecule has 0 bridgehead atoms. The second-order valence-electron chi connectivity index (χ2n) is 4.70. The second kappa shape index (κ2) is 5.87. The van der Waals surface area contributed by atoms with Crippen molar-refractivity contribution in [3.8, 4) is 0 Å². The van der Waals surface area contributed by atoms with Crippen LogP contribution in [0.4, 0.5) is 0 Å². The molecule has 0 aliphatic carbocycles. The molecule has 0 aromatic carbocycles. The first-order valence-corrected chi connectivity index (χ1v) is 6.58. The molecule has 0 aliphatic heterocycles. The minimum atomic E-state index is -1.03. The number of carboxylic acid groups (broad SMARTS) is 1. The number of carbonyl (C=O) groups is 2. The van der Waals surface area contributed by atoms with Gasteiger partial charge in [0.05, 0.1) is 24.3 Å². The number of rotatable bonds is 5. The largest absolute Gasteiger partial charge is 0.478 e. The van der Waals surface area contributed by atoms with Crippen molar-refractivity contribution < 1.29 is 23.8 Å². The summed E-state index contributed by atoms with van der Waals surface area (Å²) in [6, 6.07) is 3.24. The van der Waals surface area contributed by atoms with E-state index in [0.29, 0.717) is 24.5 Å². The molecule has 0 aliphatic rings. The molecule has 0 radical (unpaired) electrons. The van der Waals surface area contributed by atoms with Crippen LogP contribution in [-0.2, 0) is 11.3 Å². The van der Waals surface area contributed by atoms with Crippen molar-refractivity contribution in [2.45, 2.75) is 27.3 Å². The van der Waals surface area contributed by atoms with E-state index in [9.17, 15) is 9.59 Å². The van der Waals surface area contributed by atoms with Gasteiger partial charge in [0.25, 0.3) is 0 Å². The van der Waals surface area contributed by atoms with Gasteiger partial charge in [-0.1, -0.05) is 0 Å². The van der Waals surface area contributed by atoms with Crippen molar-refractivity contribution in [2.24, 2.45) is 0 Å². The van der Waals surface area contributed by atoms with Crippen LogP contribution in [0.2, 0.25) is 0 Å². The maximum absolute atomic E-state index is 11.8. The first kappa shape index (κ1) is 14.9. The molecule has 0 saturated heterocycles. The molecule has 6 nitrogen and oxygen atoms in total. The Balaban J connectivity index is 2.27. The number of carbonyl (C=O) groups excluding carboxylic acids is 1. The fourth-order valence-electron chi connectivity index (χ4n) is 2.19. The van der Waals surface area contributed by atoms with Crippen LogP contribution in [0.1, 0.15) is 44.8 Å². The smallest absolute Gasteiger partial charge is 0.339 e. The number of esters is 1. The van der Waals surface area contributed by atoms with Crippen LogP contribution in [0.15, 0.2) is 22.8 Å². The standard InChI is InChI=1S/C15H17NO5/c1-4-20-15(19)13-5-9(2)16(10(13)3)7-12-6-11(8-21-12)14(17)18/h5-6,8H,4,7H2,1-3H3,(H,17,18). The summed E-state index contributed by atoms with van der Waals surface area (Å²) in [6.07, 6.45) is 1.21. The highest BCUT2D eigenvalue weighted by Gasteiger charge is 2.18. The van der Waals surface area contributed by atoms with Crippen LogP contribution in [0.5, 0.6) is 0 Å². The highest BCUT2D eigenvalue weighted by molar-refractivity contribution is 5.91. The molecule has 2 aromatic heterocycles. The summed E-state index contributed by atoms with van der Waals surface area (Å²) in [5.74, 6) is -0.870. The van der Waals surface area contributed by atoms with Crippen LogP contribution in [0.25, 0.3) is 0 Å². The van der Waals surface area contributed by atoms with Gasteiger partial charge in [-0.2, -0.15) is 0 Å². The number of aromatic carboxylic acids is 1. The van der Waals surface area contributed by atoms with Crippen molar-refractivity contribution in [3.05, 3.63) is 46.7 Å². The summed E-state index contributed by atoms with van der Waals surface area (Å²) >= 11 is 0. The zero-order chi connectivity index (χ0) is 15.6. The van der Waals surface area contributed by atoms with Crippen LogP contribution < -0.4 is 0 Å². The van der Waals surface area contributed by atoms with Crippen molar-refractivity contribution in [1.82, 2.24) is 4.57 Å². The van der Waals surface area contributed by atoms with E-state index in [-0.39, 0.29) is 11.5 Å². The first-order chi connectivity index (χ1) is 9.93. The molecule has 2 rings (SSSR count). The lowest BCUT2D eigenvalue weighted by Crippen LogP contribution is -2.08. The molecule has 21 heavy (non-hydrogen) atoms. The highest BCUT2D eigenvalue weighted by atomic mass is 16.5. The molecule has 1 N–H and O–H groups in total.